The maximum atomic E-state index is 15.0. The van der Waals surface area contributed by atoms with Gasteiger partial charge >= 0.3 is 0 Å². The Kier molecular flexibility index (Phi) is 28.7. The van der Waals surface area contributed by atoms with Gasteiger partial charge in [0.05, 0.1) is 65.6 Å². The largest absolute Gasteiger partial charge is 0.395 e. The first-order valence-electron chi connectivity index (χ1n) is 38.0. The summed E-state index contributed by atoms with van der Waals surface area (Å²) in [6, 6.07) is 39.9. The number of aliphatic hydroxyl groups is 1. The maximum absolute atomic E-state index is 15.0. The van der Waals surface area contributed by atoms with Gasteiger partial charge in [0.2, 0.25) is 40.1 Å². The molecule has 8 aromatic carbocycles. The maximum Gasteiger partial charge on any atom is 0.261 e. The fourth-order valence-electron chi connectivity index (χ4n) is 13.5. The van der Waals surface area contributed by atoms with Gasteiger partial charge in [-0.15, -0.1) is 15.3 Å². The number of aliphatic hydroxyl groups excluding tert-OH is 1. The van der Waals surface area contributed by atoms with Crippen molar-refractivity contribution in [3.05, 3.63) is 283 Å². The minimum Gasteiger partial charge on any atom is -0.395 e. The number of sulfonamides is 4. The van der Waals surface area contributed by atoms with Crippen molar-refractivity contribution < 1.29 is 69.9 Å². The molecule has 0 unspecified atom stereocenters. The van der Waals surface area contributed by atoms with Gasteiger partial charge in [0.15, 0.2) is 17.5 Å². The number of likely N-dealkylation sites (N-methyl/N-ethyl adjacent to an activating group) is 1. The molecule has 121 heavy (non-hydrogen) atoms. The van der Waals surface area contributed by atoms with Crippen molar-refractivity contribution in [2.45, 2.75) is 133 Å². The first-order valence-corrected chi connectivity index (χ1v) is 44.1. The highest BCUT2D eigenvalue weighted by Gasteiger charge is 2.39. The number of nitrogens with two attached hydrogens (primary N) is 4. The average molecular weight is 1750 g/mol. The van der Waals surface area contributed by atoms with E-state index in [0.717, 1.165) is 98.6 Å². The molecule has 2 saturated heterocycles. The molecule has 0 atom stereocenters. The molecular weight excluding hydrogens is 1650 g/mol. The summed E-state index contributed by atoms with van der Waals surface area (Å²) < 4.78 is 189. The molecule has 12 aromatic rings. The number of hydrogen-bond acceptors (Lipinski definition) is 21. The number of morpholine rings is 1. The van der Waals surface area contributed by atoms with E-state index in [0.29, 0.717) is 99.3 Å². The molecule has 0 bridgehead atoms. The Balaban J connectivity index is 0.000000158. The molecule has 2 aliphatic rings. The molecule has 0 spiro atoms. The number of hydrogen-bond donors (Lipinski definition) is 5. The van der Waals surface area contributed by atoms with Crippen LogP contribution in [0.25, 0.3) is 22.7 Å². The number of aromatic nitrogens is 12. The smallest absolute Gasteiger partial charge is 0.261 e. The minimum absolute atomic E-state index is 0.00376. The van der Waals surface area contributed by atoms with Crippen molar-refractivity contribution in [2.75, 3.05) is 59.6 Å². The van der Waals surface area contributed by atoms with Gasteiger partial charge in [0.1, 0.15) is 75.1 Å². The van der Waals surface area contributed by atoms with Crippen LogP contribution in [0, 0.1) is 78.7 Å². The molecule has 0 aliphatic carbocycles. The number of ether oxygens (including phenoxy) is 1. The first-order chi connectivity index (χ1) is 56.9. The van der Waals surface area contributed by atoms with Crippen LogP contribution in [0.15, 0.2) is 171 Å². The molecule has 29 nitrogen and oxygen atoms in total. The molecule has 642 valence electrons. The van der Waals surface area contributed by atoms with Gasteiger partial charge in [0.25, 0.3) is 5.92 Å². The van der Waals surface area contributed by atoms with Gasteiger partial charge in [-0.25, -0.2) is 119 Å². The third-order valence-electron chi connectivity index (χ3n) is 19.8. The number of benzene rings is 8. The van der Waals surface area contributed by atoms with Crippen molar-refractivity contribution in [2.24, 2.45) is 20.6 Å². The Hall–Kier alpha value is -10.7. The average Bonchev–Trinajstić information content (AvgIpc) is 1.69. The molecule has 9 N–H and O–H groups in total. The van der Waals surface area contributed by atoms with Gasteiger partial charge < -0.3 is 9.84 Å². The first kappa shape index (κ1) is 91.1. The molecule has 0 radical (unpaired) electrons. The summed E-state index contributed by atoms with van der Waals surface area (Å²) in [5.41, 5.74) is 12.0. The lowest BCUT2D eigenvalue weighted by atomic mass is 10.0. The van der Waals surface area contributed by atoms with Gasteiger partial charge in [-0.2, -0.15) is 5.10 Å². The molecule has 4 aromatic heterocycles. The van der Waals surface area contributed by atoms with Gasteiger partial charge in [0, 0.05) is 58.3 Å². The second kappa shape index (κ2) is 38.2. The van der Waals surface area contributed by atoms with Crippen molar-refractivity contribution in [1.82, 2.24) is 73.8 Å². The van der Waals surface area contributed by atoms with Crippen LogP contribution in [0.5, 0.6) is 0 Å². The predicted octanol–water partition coefficient (Wildman–Crippen LogP) is 9.14. The molecule has 0 amide bonds. The number of primary sulfonamides is 4. The van der Waals surface area contributed by atoms with Crippen LogP contribution in [-0.4, -0.2) is 178 Å². The second-order valence-corrected chi connectivity index (χ2v) is 36.1. The highest BCUT2D eigenvalue weighted by Crippen LogP contribution is 2.31. The third-order valence-corrected chi connectivity index (χ3v) is 23.5. The van der Waals surface area contributed by atoms with Crippen LogP contribution in [0.2, 0.25) is 0 Å². The Labute approximate surface area is 697 Å². The normalized spacial score (nSPS) is 14.0. The molecule has 6 heterocycles. The number of halogens is 6. The van der Waals surface area contributed by atoms with Crippen molar-refractivity contribution >= 4 is 40.1 Å². The van der Waals surface area contributed by atoms with Crippen LogP contribution in [0.3, 0.4) is 0 Å². The van der Waals surface area contributed by atoms with E-state index in [4.69, 9.17) is 35.4 Å². The molecule has 2 fully saturated rings. The fraction of sp³-hybridized carbons (Fsp3) is 0.317. The SMILES string of the molecule is Cc1ccc(C)c(Cc2nc(CN(C)CCO)nn2-c2ccc(S(N)(=O)=O)cc2F)c1.Cc1ccc(C)c(Cc2nc(CN3CCC(F)(F)C3)nn2-c2ccc(S(N)(=O)=O)cc2F)c1.Cc1ccc(C)c(Cc2nc(CN3CCOCC3)nn2-c2ccc(S(N)(=O)=O)cc2F)c1.Cc1cccc(Cc2nc(C)nn2-c2ccc(S(N)(=O)=O)cc2F)c1. The zero-order valence-electron chi connectivity index (χ0n) is 67.8. The van der Waals surface area contributed by atoms with E-state index < -0.39 is 69.3 Å². The number of aryl methyl sites for hydroxylation is 8. The van der Waals surface area contributed by atoms with E-state index in [-0.39, 0.29) is 80.8 Å². The summed E-state index contributed by atoms with van der Waals surface area (Å²) in [5, 5.41) is 47.2. The van der Waals surface area contributed by atoms with Gasteiger partial charge in [-0.05, 0) is 174 Å². The monoisotopic (exact) mass is 1750 g/mol. The van der Waals surface area contributed by atoms with E-state index in [9.17, 15) is 60.0 Å². The summed E-state index contributed by atoms with van der Waals surface area (Å²) in [5.74, 6) is -1.95. The van der Waals surface area contributed by atoms with Crippen LogP contribution in [0.1, 0.15) is 114 Å². The van der Waals surface area contributed by atoms with E-state index >= 15 is 0 Å². The van der Waals surface area contributed by atoms with Crippen LogP contribution in [-0.2, 0) is 90.1 Å². The Morgan fingerprint density at radius 3 is 1.14 bits per heavy atom. The Bertz CT molecular complexity index is 6280. The lowest BCUT2D eigenvalue weighted by molar-refractivity contribution is 0.0113. The van der Waals surface area contributed by atoms with Crippen LogP contribution in [0.4, 0.5) is 26.3 Å². The molecule has 2 aliphatic heterocycles. The summed E-state index contributed by atoms with van der Waals surface area (Å²) in [4.78, 5) is 22.6. The highest BCUT2D eigenvalue weighted by atomic mass is 32.2. The second-order valence-electron chi connectivity index (χ2n) is 29.8. The van der Waals surface area contributed by atoms with Crippen LogP contribution >= 0.6 is 0 Å². The van der Waals surface area contributed by atoms with E-state index in [1.165, 1.54) is 67.3 Å². The van der Waals surface area contributed by atoms with Crippen molar-refractivity contribution in [1.29, 1.82) is 0 Å². The minimum atomic E-state index is -4.08. The van der Waals surface area contributed by atoms with E-state index in [2.05, 4.69) is 46.3 Å². The zero-order chi connectivity index (χ0) is 87.8. The quantitative estimate of drug-likeness (QED) is 0.0352. The summed E-state index contributed by atoms with van der Waals surface area (Å²) in [6.07, 6.45) is 1.44. The van der Waals surface area contributed by atoms with Gasteiger partial charge in [-0.1, -0.05) is 101 Å². The van der Waals surface area contributed by atoms with Crippen LogP contribution < -0.4 is 20.6 Å². The Morgan fingerprint density at radius 2 is 0.785 bits per heavy atom. The predicted molar refractivity (Wildman–Crippen MR) is 440 cm³/mol. The lowest BCUT2D eigenvalue weighted by Gasteiger charge is -2.25. The standard InChI is InChI=1S/C22H24F3N5O2S.C22H26FN5O3S.C21H26FN5O3S.C17H17FN4O2S/c1-14-3-4-15(2)16(9-14)10-21-27-20(12-29-8-7-22(24,25)13-29)28-30(21)19-6-5-17(11-18(19)23)33(26,31)32;1-15-3-4-16(2)17(11-15)12-22-25-21(14-27-7-9-31-10-8-27)26-28(22)20-6-5-18(13-19(20)23)32(24,29)30;1-14-4-5-15(2)16(10-14)11-21-24-20(13-26(3)8-9-28)25-27(21)19-7-6-17(12-18(19)22)31(23,29)30;1-11-4-3-5-13(8-11)9-17-20-12(2)21-22(17)16-7-6-14(10-15(16)18)25(19,23)24/h3-6,9,11H,7-8,10,12-13H2,1-2H3,(H2,26,31,32);3-6,11,13H,7-10,12,14H2,1-2H3,(H2,24,29,30);4-7,10,12,28H,8-9,11,13H2,1-3H3,(H2,23,29,30);3-8,10H,9H2,1-2H3,(H2,19,23,24). The summed E-state index contributed by atoms with van der Waals surface area (Å²) >= 11 is 0. The molecule has 39 heteroatoms. The number of rotatable bonds is 24. The number of likely N-dealkylation sites (tertiary alicyclic amines) is 1. The third kappa shape index (κ3) is 24.2. The van der Waals surface area contributed by atoms with Crippen molar-refractivity contribution in [3.63, 3.8) is 0 Å². The molecule has 14 rings (SSSR count). The highest BCUT2D eigenvalue weighted by molar-refractivity contribution is 7.90. The topological polar surface area (TPSA) is 403 Å². The fourth-order valence-corrected chi connectivity index (χ4v) is 15.6. The summed E-state index contributed by atoms with van der Waals surface area (Å²) in [6.45, 7) is 19.7. The number of alkyl halides is 2. The number of nitrogens with zero attached hydrogens (tertiary/aromatic N) is 15. The molecule has 0 saturated carbocycles. The Morgan fingerprint density at radius 1 is 0.430 bits per heavy atom. The van der Waals surface area contributed by atoms with E-state index in [1.54, 1.807) is 11.8 Å². The van der Waals surface area contributed by atoms with Gasteiger partial charge in [-0.3, -0.25) is 14.7 Å². The lowest BCUT2D eigenvalue weighted by Crippen LogP contribution is -2.36. The zero-order valence-corrected chi connectivity index (χ0v) is 71.1. The summed E-state index contributed by atoms with van der Waals surface area (Å²) in [7, 11) is -14.3. The molecular formula is C82H93F6N19O10S4. The van der Waals surface area contributed by atoms with E-state index in [1.807, 2.05) is 133 Å². The van der Waals surface area contributed by atoms with Crippen molar-refractivity contribution in [3.8, 4) is 22.7 Å².